The van der Waals surface area contributed by atoms with E-state index in [9.17, 15) is 0 Å². The highest BCUT2D eigenvalue weighted by atomic mass is 79.9. The molecule has 2 rings (SSSR count). The van der Waals surface area contributed by atoms with Crippen molar-refractivity contribution < 1.29 is 4.74 Å². The summed E-state index contributed by atoms with van der Waals surface area (Å²) in [6.45, 7) is 3.77. The van der Waals surface area contributed by atoms with Gasteiger partial charge in [0, 0.05) is 11.5 Å². The van der Waals surface area contributed by atoms with Gasteiger partial charge in [-0.3, -0.25) is 0 Å². The first-order valence-corrected chi connectivity index (χ1v) is 4.38. The zero-order valence-electron chi connectivity index (χ0n) is 6.67. The Balaban J connectivity index is 2.55. The number of fused-ring (bicyclic) bond motifs is 1. The molecule has 0 fully saturated rings. The molecule has 0 spiro atoms. The van der Waals surface area contributed by atoms with E-state index in [4.69, 9.17) is 4.74 Å². The van der Waals surface area contributed by atoms with Crippen molar-refractivity contribution in [3.8, 4) is 5.75 Å². The Morgan fingerprint density at radius 2 is 2.25 bits per heavy atom. The van der Waals surface area contributed by atoms with E-state index >= 15 is 0 Å². The second-order valence-corrected chi connectivity index (χ2v) is 3.58. The van der Waals surface area contributed by atoms with Gasteiger partial charge < -0.3 is 9.64 Å². The van der Waals surface area contributed by atoms with Crippen LogP contribution in [0.4, 0.5) is 5.69 Å². The molecule has 2 nitrogen and oxygen atoms in total. The van der Waals surface area contributed by atoms with E-state index in [1.54, 1.807) is 0 Å². The smallest absolute Gasteiger partial charge is 0.193 e. The molecule has 12 heavy (non-hydrogen) atoms. The lowest BCUT2D eigenvalue weighted by molar-refractivity contribution is 0.446. The topological polar surface area (TPSA) is 12.5 Å². The third kappa shape index (κ3) is 1.01. The lowest BCUT2D eigenvalue weighted by Crippen LogP contribution is -2.11. The van der Waals surface area contributed by atoms with Crippen molar-refractivity contribution in [3.63, 3.8) is 0 Å². The number of anilines is 1. The Bertz CT molecular complexity index is 348. The van der Waals surface area contributed by atoms with Crippen LogP contribution in [0.25, 0.3) is 0 Å². The van der Waals surface area contributed by atoms with Crippen molar-refractivity contribution in [1.82, 2.24) is 0 Å². The molecule has 1 aliphatic rings. The predicted octanol–water partition coefficient (Wildman–Crippen LogP) is 2.75. The molecule has 0 N–H and O–H groups in total. The molecule has 62 valence electrons. The molecule has 0 amide bonds. The van der Waals surface area contributed by atoms with Crippen molar-refractivity contribution in [2.75, 3.05) is 11.9 Å². The fourth-order valence-corrected chi connectivity index (χ4v) is 1.52. The van der Waals surface area contributed by atoms with E-state index in [1.807, 2.05) is 30.1 Å². The molecule has 0 radical (unpaired) electrons. The van der Waals surface area contributed by atoms with Gasteiger partial charge >= 0.3 is 0 Å². The Hall–Kier alpha value is -0.960. The minimum Gasteiger partial charge on any atom is -0.439 e. The van der Waals surface area contributed by atoms with E-state index in [1.165, 1.54) is 0 Å². The van der Waals surface area contributed by atoms with Crippen LogP contribution in [-0.4, -0.2) is 7.05 Å². The molecule has 1 heterocycles. The second-order valence-electron chi connectivity index (χ2n) is 2.67. The van der Waals surface area contributed by atoms with Gasteiger partial charge in [0.25, 0.3) is 0 Å². The van der Waals surface area contributed by atoms with Gasteiger partial charge in [0.1, 0.15) is 0 Å². The SMILES string of the molecule is C=C1Oc2ccc(Br)cc2N1C. The summed E-state index contributed by atoms with van der Waals surface area (Å²) in [5, 5.41) is 0. The second kappa shape index (κ2) is 2.52. The van der Waals surface area contributed by atoms with Gasteiger partial charge in [0.05, 0.1) is 5.69 Å². The van der Waals surface area contributed by atoms with Gasteiger partial charge in [-0.1, -0.05) is 15.9 Å². The van der Waals surface area contributed by atoms with E-state index in [0.717, 1.165) is 15.9 Å². The van der Waals surface area contributed by atoms with Crippen LogP contribution in [0.5, 0.6) is 5.75 Å². The minimum absolute atomic E-state index is 0.670. The van der Waals surface area contributed by atoms with Gasteiger partial charge in [-0.25, -0.2) is 0 Å². The first-order valence-electron chi connectivity index (χ1n) is 3.58. The van der Waals surface area contributed by atoms with Gasteiger partial charge in [0.2, 0.25) is 0 Å². The van der Waals surface area contributed by atoms with Crippen LogP contribution < -0.4 is 9.64 Å². The summed E-state index contributed by atoms with van der Waals surface area (Å²) in [7, 11) is 1.93. The molecule has 0 aromatic heterocycles. The average Bonchev–Trinajstić information content (AvgIpc) is 2.31. The van der Waals surface area contributed by atoms with Crippen LogP contribution in [0.1, 0.15) is 0 Å². The van der Waals surface area contributed by atoms with Gasteiger partial charge in [-0.15, -0.1) is 0 Å². The molecule has 0 unspecified atom stereocenters. The molecule has 0 atom stereocenters. The average molecular weight is 226 g/mol. The normalized spacial score (nSPS) is 14.5. The van der Waals surface area contributed by atoms with Gasteiger partial charge in [-0.05, 0) is 24.8 Å². The van der Waals surface area contributed by atoms with Crippen molar-refractivity contribution >= 4 is 21.6 Å². The van der Waals surface area contributed by atoms with Crippen LogP contribution >= 0.6 is 15.9 Å². The largest absolute Gasteiger partial charge is 0.439 e. The number of hydrogen-bond donors (Lipinski definition) is 0. The summed E-state index contributed by atoms with van der Waals surface area (Å²) in [4.78, 5) is 1.92. The Kier molecular flexibility index (Phi) is 1.61. The summed E-state index contributed by atoms with van der Waals surface area (Å²) in [5.74, 6) is 1.54. The maximum atomic E-state index is 5.38. The van der Waals surface area contributed by atoms with Crippen molar-refractivity contribution in [3.05, 3.63) is 35.1 Å². The lowest BCUT2D eigenvalue weighted by atomic mass is 10.3. The molecule has 0 bridgehead atoms. The van der Waals surface area contributed by atoms with Crippen molar-refractivity contribution in [2.45, 2.75) is 0 Å². The third-order valence-corrected chi connectivity index (χ3v) is 2.38. The Morgan fingerprint density at radius 3 is 3.00 bits per heavy atom. The first kappa shape index (κ1) is 7.68. The summed E-state index contributed by atoms with van der Waals surface area (Å²) in [5.41, 5.74) is 1.05. The maximum Gasteiger partial charge on any atom is 0.193 e. The molecule has 3 heteroatoms. The van der Waals surface area contributed by atoms with Crippen LogP contribution in [0.2, 0.25) is 0 Å². The summed E-state index contributed by atoms with van der Waals surface area (Å²) in [6.07, 6.45) is 0. The van der Waals surface area contributed by atoms with E-state index in [0.29, 0.717) is 5.88 Å². The summed E-state index contributed by atoms with van der Waals surface area (Å²) in [6, 6.07) is 5.88. The summed E-state index contributed by atoms with van der Waals surface area (Å²) >= 11 is 3.40. The molecule has 0 aliphatic carbocycles. The fraction of sp³-hybridized carbons (Fsp3) is 0.111. The molecule has 0 saturated heterocycles. The van der Waals surface area contributed by atoms with E-state index in [2.05, 4.69) is 22.5 Å². The number of benzene rings is 1. The molecule has 1 aliphatic heterocycles. The van der Waals surface area contributed by atoms with Gasteiger partial charge in [0.15, 0.2) is 11.6 Å². The van der Waals surface area contributed by atoms with E-state index < -0.39 is 0 Å². The fourth-order valence-electron chi connectivity index (χ4n) is 1.17. The molecular formula is C9H8BrNO. The number of hydrogen-bond acceptors (Lipinski definition) is 2. The molecule has 1 aromatic rings. The lowest BCUT2D eigenvalue weighted by Gasteiger charge is -2.08. The summed E-state index contributed by atoms with van der Waals surface area (Å²) < 4.78 is 6.43. The molecule has 0 saturated carbocycles. The number of halogens is 1. The van der Waals surface area contributed by atoms with E-state index in [-0.39, 0.29) is 0 Å². The monoisotopic (exact) mass is 225 g/mol. The highest BCUT2D eigenvalue weighted by molar-refractivity contribution is 9.10. The molecule has 1 aromatic carbocycles. The number of ether oxygens (including phenoxy) is 1. The quantitative estimate of drug-likeness (QED) is 0.674. The van der Waals surface area contributed by atoms with Crippen molar-refractivity contribution in [2.24, 2.45) is 0 Å². The predicted molar refractivity (Wildman–Crippen MR) is 52.3 cm³/mol. The number of rotatable bonds is 0. The van der Waals surface area contributed by atoms with Crippen molar-refractivity contribution in [1.29, 1.82) is 0 Å². The van der Waals surface area contributed by atoms with Crippen LogP contribution in [0, 0.1) is 0 Å². The maximum absolute atomic E-state index is 5.38. The first-order chi connectivity index (χ1) is 5.68. The van der Waals surface area contributed by atoms with Crippen LogP contribution in [0.3, 0.4) is 0 Å². The Labute approximate surface area is 79.6 Å². The zero-order valence-corrected chi connectivity index (χ0v) is 8.26. The molecular weight excluding hydrogens is 218 g/mol. The highest BCUT2D eigenvalue weighted by Crippen LogP contribution is 2.38. The standard InChI is InChI=1S/C9H8BrNO/c1-6-11(2)8-5-7(10)3-4-9(8)12-6/h3-5H,1H2,2H3. The Morgan fingerprint density at radius 1 is 1.50 bits per heavy atom. The minimum atomic E-state index is 0.670. The zero-order chi connectivity index (χ0) is 8.72. The third-order valence-electron chi connectivity index (χ3n) is 1.88. The van der Waals surface area contributed by atoms with Crippen LogP contribution in [0.15, 0.2) is 35.1 Å². The number of nitrogens with zero attached hydrogens (tertiary/aromatic N) is 1. The highest BCUT2D eigenvalue weighted by Gasteiger charge is 2.20. The van der Waals surface area contributed by atoms with Gasteiger partial charge in [-0.2, -0.15) is 0 Å². The van der Waals surface area contributed by atoms with Crippen LogP contribution in [-0.2, 0) is 0 Å².